The Morgan fingerprint density at radius 3 is 2.00 bits per heavy atom. The molecule has 1 saturated carbocycles. The molecule has 9 atom stereocenters. The van der Waals surface area contributed by atoms with Crippen LogP contribution in [0.4, 0.5) is 0 Å². The maximum atomic E-state index is 14.7. The number of nitrogens with zero attached hydrogens (tertiary/aromatic N) is 3. The van der Waals surface area contributed by atoms with Crippen LogP contribution in [0.3, 0.4) is 0 Å². The molecule has 1 heterocycles. The maximum absolute atomic E-state index is 14.7. The third kappa shape index (κ3) is 19.9. The highest BCUT2D eigenvalue weighted by Gasteiger charge is 2.44. The number of ether oxygens (including phenoxy) is 5. The molecule has 3 rings (SSSR count). The molecule has 1 saturated heterocycles. The molecule has 2 N–H and O–H groups in total. The van der Waals surface area contributed by atoms with Crippen LogP contribution in [0.5, 0.6) is 0 Å². The lowest BCUT2D eigenvalue weighted by molar-refractivity contribution is -0.156. The predicted molar refractivity (Wildman–Crippen MR) is 280 cm³/mol. The fourth-order valence-electron chi connectivity index (χ4n) is 9.89. The minimum Gasteiger partial charge on any atom is -0.460 e. The van der Waals surface area contributed by atoms with Gasteiger partial charge in [-0.15, -0.1) is 0 Å². The summed E-state index contributed by atoms with van der Waals surface area (Å²) in [4.78, 5) is 88.3. The van der Waals surface area contributed by atoms with E-state index in [1.807, 2.05) is 80.3 Å². The van der Waals surface area contributed by atoms with Gasteiger partial charge in [0.1, 0.15) is 11.6 Å². The fourth-order valence-corrected chi connectivity index (χ4v) is 11.2. The summed E-state index contributed by atoms with van der Waals surface area (Å²) in [5, 5.41) is 2.17. The second kappa shape index (κ2) is 29.9. The van der Waals surface area contributed by atoms with Gasteiger partial charge in [0.05, 0.1) is 80.8 Å². The molecule has 1 aromatic carbocycles. The number of rotatable bonds is 33. The smallest absolute Gasteiger partial charge is 0.308 e. The summed E-state index contributed by atoms with van der Waals surface area (Å²) in [6.07, 6.45) is 1.54. The Bertz CT molecular complexity index is 2030. The SMILES string of the molecule is CC[C@H](C)C([C@@H](CC(=O)N1CCC[C@H]1[C@H](OC)[C@@H](C)C(=O)N[C@@H](Cc1ccccc1)C(=O)NS(=O)(=O)C1CC1)OC)N(C)C(=O)[C@@H](CC(=O)[C@H](C(C)C)N(C)CCOCCOCCC(=O)OC(C)(C)C)C(C)C. The molecule has 0 spiro atoms. The van der Waals surface area contributed by atoms with Crippen molar-refractivity contribution in [3.8, 4) is 0 Å². The van der Waals surface area contributed by atoms with Crippen molar-refractivity contribution in [2.75, 3.05) is 67.8 Å². The first kappa shape index (κ1) is 63.3. The molecule has 2 aliphatic rings. The van der Waals surface area contributed by atoms with Gasteiger partial charge in [0.2, 0.25) is 27.7 Å². The van der Waals surface area contributed by atoms with Crippen molar-refractivity contribution in [3.63, 3.8) is 0 Å². The monoisotopic (exact) mass is 1050 g/mol. The van der Waals surface area contributed by atoms with Crippen LogP contribution in [-0.4, -0.2) is 174 Å². The van der Waals surface area contributed by atoms with Gasteiger partial charge in [0.15, 0.2) is 5.78 Å². The van der Waals surface area contributed by atoms with E-state index < -0.39 is 80.9 Å². The first-order valence-corrected chi connectivity index (χ1v) is 27.9. The van der Waals surface area contributed by atoms with Crippen molar-refractivity contribution in [1.29, 1.82) is 0 Å². The number of amides is 4. The summed E-state index contributed by atoms with van der Waals surface area (Å²) in [7, 11) is 2.74. The Hall–Kier alpha value is -4.01. The number of likely N-dealkylation sites (tertiary alicyclic amines) is 1. The van der Waals surface area contributed by atoms with Crippen LogP contribution in [0.1, 0.15) is 126 Å². The van der Waals surface area contributed by atoms with E-state index in [1.54, 1.807) is 48.0 Å². The number of carbonyl (C=O) groups is 6. The lowest BCUT2D eigenvalue weighted by atomic mass is 9.83. The topological polar surface area (TPSA) is 216 Å². The van der Waals surface area contributed by atoms with E-state index in [0.29, 0.717) is 65.0 Å². The number of ketones is 1. The third-order valence-electron chi connectivity index (χ3n) is 14.2. The zero-order valence-electron chi connectivity index (χ0n) is 46.5. The second-order valence-corrected chi connectivity index (χ2v) is 23.8. The van der Waals surface area contributed by atoms with Crippen LogP contribution in [0.2, 0.25) is 0 Å². The summed E-state index contributed by atoms with van der Waals surface area (Å²) in [6.45, 7) is 21.1. The largest absolute Gasteiger partial charge is 0.460 e. The quantitative estimate of drug-likeness (QED) is 0.0685. The second-order valence-electron chi connectivity index (χ2n) is 21.8. The average molecular weight is 1050 g/mol. The lowest BCUT2D eigenvalue weighted by Gasteiger charge is -2.41. The van der Waals surface area contributed by atoms with Crippen molar-refractivity contribution >= 4 is 45.4 Å². The Morgan fingerprint density at radius 1 is 0.822 bits per heavy atom. The van der Waals surface area contributed by atoms with E-state index in [0.717, 1.165) is 5.56 Å². The molecule has 0 radical (unpaired) electrons. The third-order valence-corrected chi connectivity index (χ3v) is 16.0. The van der Waals surface area contributed by atoms with Crippen molar-refractivity contribution in [2.24, 2.45) is 29.6 Å². The van der Waals surface area contributed by atoms with Gasteiger partial charge >= 0.3 is 5.97 Å². The molecule has 0 aromatic heterocycles. The highest BCUT2D eigenvalue weighted by Crippen LogP contribution is 2.32. The van der Waals surface area contributed by atoms with Crippen molar-refractivity contribution in [2.45, 2.75) is 174 Å². The zero-order chi connectivity index (χ0) is 54.8. The van der Waals surface area contributed by atoms with E-state index in [9.17, 15) is 37.2 Å². The number of hydrogen-bond donors (Lipinski definition) is 2. The first-order chi connectivity index (χ1) is 34.3. The number of nitrogens with one attached hydrogen (secondary N) is 2. The molecule has 18 nitrogen and oxygen atoms in total. The van der Waals surface area contributed by atoms with Crippen LogP contribution in [0.25, 0.3) is 0 Å². The van der Waals surface area contributed by atoms with Gasteiger partial charge in [0, 0.05) is 53.1 Å². The molecule has 416 valence electrons. The summed E-state index contributed by atoms with van der Waals surface area (Å²) < 4.78 is 56.4. The molecule has 4 amide bonds. The van der Waals surface area contributed by atoms with E-state index in [1.165, 1.54) is 14.2 Å². The summed E-state index contributed by atoms with van der Waals surface area (Å²) in [5.41, 5.74) is 0.182. The molecule has 73 heavy (non-hydrogen) atoms. The summed E-state index contributed by atoms with van der Waals surface area (Å²) in [6, 6.07) is 6.33. The van der Waals surface area contributed by atoms with Crippen molar-refractivity contribution in [1.82, 2.24) is 24.7 Å². The van der Waals surface area contributed by atoms with Crippen LogP contribution in [-0.2, 0) is 68.9 Å². The number of esters is 1. The number of benzene rings is 1. The number of hydrogen-bond acceptors (Lipinski definition) is 14. The van der Waals surface area contributed by atoms with Crippen molar-refractivity contribution in [3.05, 3.63) is 35.9 Å². The normalized spacial score (nSPS) is 18.6. The number of sulfonamides is 1. The Morgan fingerprint density at radius 2 is 1.45 bits per heavy atom. The zero-order valence-corrected chi connectivity index (χ0v) is 47.3. The van der Waals surface area contributed by atoms with Gasteiger partial charge in [0.25, 0.3) is 5.91 Å². The van der Waals surface area contributed by atoms with Gasteiger partial charge < -0.3 is 38.8 Å². The summed E-state index contributed by atoms with van der Waals surface area (Å²) >= 11 is 0. The molecule has 19 heteroatoms. The number of Topliss-reactive ketones (excluding diaryl/α,β-unsaturated/α-hetero) is 1. The lowest BCUT2D eigenvalue weighted by Crippen LogP contribution is -2.55. The first-order valence-electron chi connectivity index (χ1n) is 26.4. The van der Waals surface area contributed by atoms with E-state index in [-0.39, 0.29) is 73.6 Å². The molecular weight excluding hydrogens is 959 g/mol. The molecule has 1 unspecified atom stereocenters. The minimum absolute atomic E-state index is 0.0288. The highest BCUT2D eigenvalue weighted by atomic mass is 32.2. The van der Waals surface area contributed by atoms with Gasteiger partial charge in [-0.1, -0.05) is 85.2 Å². The molecular formula is C54H91N5O13S. The number of carbonyl (C=O) groups excluding carboxylic acids is 6. The fraction of sp³-hybridized carbons (Fsp3) is 0.778. The van der Waals surface area contributed by atoms with Gasteiger partial charge in [-0.25, -0.2) is 8.42 Å². The van der Waals surface area contributed by atoms with Crippen LogP contribution >= 0.6 is 0 Å². The molecule has 1 aromatic rings. The van der Waals surface area contributed by atoms with E-state index in [2.05, 4.69) is 10.0 Å². The standard InChI is InChI=1S/C54H91N5O13S/c1-15-37(6)49(58(12)53(65)41(35(2)3)33-44(60)48(36(4)5)57(11)27-29-71-31-30-70-28-25-47(62)72-54(8,9)10)45(68-13)34-46(61)59-26-19-22-43(59)50(69-14)38(7)51(63)55-42(32-39-20-17-16-18-21-39)52(64)56-73(66,67)40-23-24-40/h16-18,20-21,35-38,40-43,45,48-50H,15,19,22-34H2,1-14H3,(H,55,63)(H,56,64)/t37-,38+,41-,42-,43-,45+,48-,49?,50+/m0/s1. The molecule has 1 aliphatic heterocycles. The highest BCUT2D eigenvalue weighted by molar-refractivity contribution is 7.90. The Kier molecular flexibility index (Phi) is 25.9. The number of likely N-dealkylation sites (N-methyl/N-ethyl adjacent to an activating group) is 2. The Labute approximate surface area is 437 Å². The maximum Gasteiger partial charge on any atom is 0.308 e. The Balaban J connectivity index is 1.69. The van der Waals surface area contributed by atoms with Crippen molar-refractivity contribution < 1.29 is 60.9 Å². The van der Waals surface area contributed by atoms with Crippen LogP contribution in [0.15, 0.2) is 30.3 Å². The summed E-state index contributed by atoms with van der Waals surface area (Å²) in [5.74, 6) is -3.94. The molecule has 2 fully saturated rings. The van der Waals surface area contributed by atoms with Gasteiger partial charge in [-0.3, -0.25) is 38.4 Å². The van der Waals surface area contributed by atoms with E-state index >= 15 is 0 Å². The minimum atomic E-state index is -3.88. The van der Waals surface area contributed by atoms with Crippen LogP contribution in [0, 0.1) is 29.6 Å². The number of methoxy groups -OCH3 is 2. The molecule has 0 bridgehead atoms. The van der Waals surface area contributed by atoms with Gasteiger partial charge in [-0.2, -0.15) is 0 Å². The average Bonchev–Trinajstić information content (AvgIpc) is 4.08. The van der Waals surface area contributed by atoms with E-state index in [4.69, 9.17) is 23.7 Å². The molecule has 1 aliphatic carbocycles. The predicted octanol–water partition coefficient (Wildman–Crippen LogP) is 5.20. The van der Waals surface area contributed by atoms with Crippen LogP contribution < -0.4 is 10.0 Å². The van der Waals surface area contributed by atoms with Gasteiger partial charge in [-0.05, 0) is 76.8 Å².